The number of hydrogen-bond donors (Lipinski definition) is 3. The lowest BCUT2D eigenvalue weighted by Crippen LogP contribution is -2.45. The Hall–Kier alpha value is -2.29. The van der Waals surface area contributed by atoms with Gasteiger partial charge in [-0.3, -0.25) is 9.88 Å². The highest BCUT2D eigenvalue weighted by Crippen LogP contribution is 2.20. The van der Waals surface area contributed by atoms with Crippen LogP contribution in [-0.4, -0.2) is 88.8 Å². The predicted octanol–water partition coefficient (Wildman–Crippen LogP) is 1.63. The Balaban J connectivity index is 1.71. The molecule has 0 spiro atoms. The van der Waals surface area contributed by atoms with Gasteiger partial charge in [-0.25, -0.2) is 4.98 Å². The number of piperazine rings is 1. The van der Waals surface area contributed by atoms with Crippen molar-refractivity contribution in [1.82, 2.24) is 24.8 Å². The minimum absolute atomic E-state index is 0.0288. The Bertz CT molecular complexity index is 748. The number of hydrogen-bond acceptors (Lipinski definition) is 8. The van der Waals surface area contributed by atoms with Crippen LogP contribution < -0.4 is 10.6 Å². The maximum atomic E-state index is 9.66. The molecule has 1 saturated heterocycles. The molecule has 0 amide bonds. The molecule has 3 heterocycles. The molecule has 1 aliphatic heterocycles. The molecule has 3 rings (SSSR count). The summed E-state index contributed by atoms with van der Waals surface area (Å²) in [5.74, 6) is 1.52. The minimum Gasteiger partial charge on any atom is -0.394 e. The number of aliphatic hydroxyl groups is 1. The molecule has 0 saturated carbocycles. The van der Waals surface area contributed by atoms with Crippen molar-refractivity contribution in [2.24, 2.45) is 5.92 Å². The van der Waals surface area contributed by atoms with E-state index in [1.165, 1.54) is 0 Å². The fourth-order valence-electron chi connectivity index (χ4n) is 3.25. The van der Waals surface area contributed by atoms with Crippen LogP contribution in [0.25, 0.3) is 11.4 Å². The van der Waals surface area contributed by atoms with E-state index in [1.54, 1.807) is 6.20 Å². The number of nitrogens with one attached hydrogen (secondary N) is 2. The molecule has 158 valence electrons. The van der Waals surface area contributed by atoms with Gasteiger partial charge in [-0.2, -0.15) is 4.98 Å². The molecule has 3 N–H and O–H groups in total. The van der Waals surface area contributed by atoms with Gasteiger partial charge in [0.1, 0.15) is 5.82 Å². The average molecular weight is 400 g/mol. The van der Waals surface area contributed by atoms with Crippen LogP contribution >= 0.6 is 0 Å². The molecule has 0 aromatic carbocycles. The number of nitrogens with zero attached hydrogens (tertiary/aromatic N) is 5. The second-order valence-corrected chi connectivity index (χ2v) is 7.93. The first-order valence-electron chi connectivity index (χ1n) is 10.4. The molecule has 2 aromatic rings. The van der Waals surface area contributed by atoms with Gasteiger partial charge >= 0.3 is 0 Å². The number of likely N-dealkylation sites (N-methyl/N-ethyl adjacent to an activating group) is 1. The summed E-state index contributed by atoms with van der Waals surface area (Å²) >= 11 is 0. The normalized spacial score (nSPS) is 16.7. The standard InChI is InChI=1S/C21H33N7O/c1-16(2)19(15-29)25-21-24-18(17-6-4-5-7-22-17)14-20(26-21)23-8-9-28-12-10-27(3)11-13-28/h4-7,14,16,19,29H,8-13,15H2,1-3H3,(H2,23,24,25,26)/t19-/m0/s1. The van der Waals surface area contributed by atoms with Gasteiger partial charge in [0.15, 0.2) is 0 Å². The largest absolute Gasteiger partial charge is 0.394 e. The first-order valence-corrected chi connectivity index (χ1v) is 10.4. The molecule has 2 aromatic heterocycles. The van der Waals surface area contributed by atoms with Gasteiger partial charge in [0.2, 0.25) is 5.95 Å². The highest BCUT2D eigenvalue weighted by Gasteiger charge is 2.16. The molecule has 0 unspecified atom stereocenters. The maximum absolute atomic E-state index is 9.66. The Kier molecular flexibility index (Phi) is 7.74. The van der Waals surface area contributed by atoms with E-state index in [0.717, 1.165) is 56.5 Å². The van der Waals surface area contributed by atoms with E-state index in [4.69, 9.17) is 0 Å². The summed E-state index contributed by atoms with van der Waals surface area (Å²) in [6.45, 7) is 10.4. The van der Waals surface area contributed by atoms with E-state index >= 15 is 0 Å². The molecule has 0 radical (unpaired) electrons. The fourth-order valence-corrected chi connectivity index (χ4v) is 3.25. The fraction of sp³-hybridized carbons (Fsp3) is 0.571. The monoisotopic (exact) mass is 399 g/mol. The summed E-state index contributed by atoms with van der Waals surface area (Å²) < 4.78 is 0. The lowest BCUT2D eigenvalue weighted by Gasteiger charge is -2.32. The van der Waals surface area contributed by atoms with Crippen molar-refractivity contribution in [3.05, 3.63) is 30.5 Å². The molecule has 1 aliphatic rings. The molecule has 29 heavy (non-hydrogen) atoms. The first kappa shape index (κ1) is 21.4. The zero-order valence-electron chi connectivity index (χ0n) is 17.7. The van der Waals surface area contributed by atoms with Crippen LogP contribution in [0.15, 0.2) is 30.5 Å². The van der Waals surface area contributed by atoms with Crippen LogP contribution in [-0.2, 0) is 0 Å². The van der Waals surface area contributed by atoms with Crippen molar-refractivity contribution in [1.29, 1.82) is 0 Å². The van der Waals surface area contributed by atoms with E-state index in [-0.39, 0.29) is 18.6 Å². The number of pyridine rings is 1. The van der Waals surface area contributed by atoms with Crippen LogP contribution in [0.5, 0.6) is 0 Å². The van der Waals surface area contributed by atoms with Gasteiger partial charge in [0.05, 0.1) is 24.0 Å². The van der Waals surface area contributed by atoms with E-state index in [1.807, 2.05) is 24.3 Å². The van der Waals surface area contributed by atoms with Gasteiger partial charge in [-0.05, 0) is 25.1 Å². The van der Waals surface area contributed by atoms with Crippen molar-refractivity contribution in [3.63, 3.8) is 0 Å². The third-order valence-electron chi connectivity index (χ3n) is 5.30. The minimum atomic E-state index is -0.104. The van der Waals surface area contributed by atoms with Gasteiger partial charge in [-0.1, -0.05) is 19.9 Å². The van der Waals surface area contributed by atoms with Crippen LogP contribution in [0.1, 0.15) is 13.8 Å². The number of rotatable bonds is 9. The van der Waals surface area contributed by atoms with E-state index in [2.05, 4.69) is 56.3 Å². The molecule has 0 bridgehead atoms. The number of anilines is 2. The molecular weight excluding hydrogens is 366 g/mol. The number of aliphatic hydroxyl groups excluding tert-OH is 1. The molecule has 8 heteroatoms. The maximum Gasteiger partial charge on any atom is 0.225 e. The summed E-state index contributed by atoms with van der Waals surface area (Å²) in [5, 5.41) is 16.4. The topological polar surface area (TPSA) is 89.4 Å². The third kappa shape index (κ3) is 6.35. The zero-order chi connectivity index (χ0) is 20.6. The van der Waals surface area contributed by atoms with Gasteiger partial charge in [0.25, 0.3) is 0 Å². The molecular formula is C21H33N7O. The summed E-state index contributed by atoms with van der Waals surface area (Å²) in [6.07, 6.45) is 1.76. The quantitative estimate of drug-likeness (QED) is 0.586. The number of aromatic nitrogens is 3. The van der Waals surface area contributed by atoms with Crippen molar-refractivity contribution in [2.45, 2.75) is 19.9 Å². The van der Waals surface area contributed by atoms with E-state index < -0.39 is 0 Å². The van der Waals surface area contributed by atoms with Crippen LogP contribution in [0, 0.1) is 5.92 Å². The van der Waals surface area contributed by atoms with Gasteiger partial charge in [0, 0.05) is 51.5 Å². The van der Waals surface area contributed by atoms with Crippen LogP contribution in [0.2, 0.25) is 0 Å². The molecule has 1 atom stereocenters. The highest BCUT2D eigenvalue weighted by atomic mass is 16.3. The van der Waals surface area contributed by atoms with Crippen molar-refractivity contribution in [2.75, 3.05) is 63.6 Å². The summed E-state index contributed by atoms with van der Waals surface area (Å²) in [7, 11) is 2.17. The lowest BCUT2D eigenvalue weighted by atomic mass is 10.1. The smallest absolute Gasteiger partial charge is 0.225 e. The van der Waals surface area contributed by atoms with Crippen LogP contribution in [0.4, 0.5) is 11.8 Å². The second-order valence-electron chi connectivity index (χ2n) is 7.93. The Morgan fingerprint density at radius 1 is 1.10 bits per heavy atom. The molecule has 0 aliphatic carbocycles. The van der Waals surface area contributed by atoms with Gasteiger partial charge < -0.3 is 20.6 Å². The van der Waals surface area contributed by atoms with Crippen molar-refractivity contribution in [3.8, 4) is 11.4 Å². The third-order valence-corrected chi connectivity index (χ3v) is 5.30. The average Bonchev–Trinajstić information content (AvgIpc) is 2.74. The van der Waals surface area contributed by atoms with Crippen LogP contribution in [0.3, 0.4) is 0 Å². The van der Waals surface area contributed by atoms with Crippen molar-refractivity contribution < 1.29 is 5.11 Å². The van der Waals surface area contributed by atoms with E-state index in [9.17, 15) is 5.11 Å². The van der Waals surface area contributed by atoms with Gasteiger partial charge in [-0.15, -0.1) is 0 Å². The highest BCUT2D eigenvalue weighted by molar-refractivity contribution is 5.61. The van der Waals surface area contributed by atoms with E-state index in [0.29, 0.717) is 5.95 Å². The lowest BCUT2D eigenvalue weighted by molar-refractivity contribution is 0.158. The van der Waals surface area contributed by atoms with Crippen molar-refractivity contribution >= 4 is 11.8 Å². The molecule has 8 nitrogen and oxygen atoms in total. The Labute approximate surface area is 173 Å². The first-order chi connectivity index (χ1) is 14.0. The summed E-state index contributed by atoms with van der Waals surface area (Å²) in [6, 6.07) is 7.60. The molecule has 1 fully saturated rings. The Morgan fingerprint density at radius 2 is 1.90 bits per heavy atom. The zero-order valence-corrected chi connectivity index (χ0v) is 17.7. The summed E-state index contributed by atoms with van der Waals surface area (Å²) in [4.78, 5) is 18.5. The predicted molar refractivity (Wildman–Crippen MR) is 117 cm³/mol. The summed E-state index contributed by atoms with van der Waals surface area (Å²) in [5.41, 5.74) is 1.55. The SMILES string of the molecule is CC(C)[C@H](CO)Nc1nc(NCCN2CCN(C)CC2)cc(-c2ccccn2)n1. The second kappa shape index (κ2) is 10.5. The Morgan fingerprint density at radius 3 is 2.55 bits per heavy atom.